The fraction of sp³-hybridized carbons (Fsp3) is 0.448. The molecule has 0 amide bonds. The Morgan fingerprint density at radius 2 is 1.83 bits per heavy atom. The molecule has 3 atom stereocenters. The molecule has 0 bridgehead atoms. The van der Waals surface area contributed by atoms with Gasteiger partial charge in [-0.15, -0.1) is 0 Å². The third-order valence-electron chi connectivity index (χ3n) is 6.45. The monoisotopic (exact) mass is 495 g/mol. The zero-order valence-corrected chi connectivity index (χ0v) is 21.9. The highest BCUT2D eigenvalue weighted by Gasteiger charge is 2.41. The van der Waals surface area contributed by atoms with E-state index in [1.54, 1.807) is 7.11 Å². The average Bonchev–Trinajstić information content (AvgIpc) is 3.26. The van der Waals surface area contributed by atoms with Crippen molar-refractivity contribution in [2.75, 3.05) is 27.4 Å². The van der Waals surface area contributed by atoms with E-state index in [0.29, 0.717) is 6.54 Å². The molecule has 6 nitrogen and oxygen atoms in total. The van der Waals surface area contributed by atoms with Gasteiger partial charge in [-0.2, -0.15) is 0 Å². The minimum absolute atomic E-state index is 0.0212. The van der Waals surface area contributed by atoms with Crippen molar-refractivity contribution < 1.29 is 18.7 Å². The summed E-state index contributed by atoms with van der Waals surface area (Å²) >= 11 is 0. The quantitative estimate of drug-likeness (QED) is 0.371. The van der Waals surface area contributed by atoms with Crippen LogP contribution in [0, 0.1) is 11.3 Å². The molecule has 1 unspecified atom stereocenters. The lowest BCUT2D eigenvalue weighted by Crippen LogP contribution is -2.37. The van der Waals surface area contributed by atoms with E-state index in [-0.39, 0.29) is 31.3 Å². The molecule has 1 aromatic heterocycles. The molecule has 0 radical (unpaired) electrons. The number of halogens is 1. The van der Waals surface area contributed by atoms with Gasteiger partial charge in [-0.25, -0.2) is 9.37 Å². The Hall–Kier alpha value is -3.03. The van der Waals surface area contributed by atoms with Crippen LogP contribution in [0.15, 0.2) is 60.8 Å². The van der Waals surface area contributed by atoms with Gasteiger partial charge in [-0.3, -0.25) is 4.79 Å². The highest BCUT2D eigenvalue weighted by Crippen LogP contribution is 2.44. The first kappa shape index (κ1) is 27.6. The maximum atomic E-state index is 14.7. The van der Waals surface area contributed by atoms with E-state index in [1.165, 1.54) is 7.11 Å². The van der Waals surface area contributed by atoms with E-state index in [2.05, 4.69) is 37.5 Å². The van der Waals surface area contributed by atoms with Crippen molar-refractivity contribution in [1.29, 1.82) is 0 Å². The van der Waals surface area contributed by atoms with Crippen LogP contribution in [0.4, 0.5) is 4.39 Å². The van der Waals surface area contributed by atoms with E-state index < -0.39 is 17.5 Å². The smallest absolute Gasteiger partial charge is 0.162 e. The summed E-state index contributed by atoms with van der Waals surface area (Å²) in [6.07, 6.45) is 0.729. The van der Waals surface area contributed by atoms with Crippen LogP contribution in [0.2, 0.25) is 0 Å². The van der Waals surface area contributed by atoms with Gasteiger partial charge in [0.15, 0.2) is 5.78 Å². The normalized spacial score (nSPS) is 14.3. The lowest BCUT2D eigenvalue weighted by Gasteiger charge is -2.37. The number of Topliss-reactive ketones (excluding diaryl/α,β-unsaturated/α-hetero) is 1. The number of nitrogens with two attached hydrogens (primary N) is 1. The summed E-state index contributed by atoms with van der Waals surface area (Å²) in [4.78, 5) is 18.4. The Labute approximate surface area is 213 Å². The summed E-state index contributed by atoms with van der Waals surface area (Å²) < 4.78 is 27.4. The van der Waals surface area contributed by atoms with Gasteiger partial charge in [0, 0.05) is 43.8 Å². The SMILES string of the molecule is COCC(=O)[C@H](C[C@H](F)CN)C(c1nc(-c2cccc(OC)c2)cn1Cc1ccccc1)C(C)(C)C. The number of benzene rings is 2. The Balaban J connectivity index is 2.19. The predicted octanol–water partition coefficient (Wildman–Crippen LogP) is 5.26. The molecule has 0 spiro atoms. The average molecular weight is 496 g/mol. The van der Waals surface area contributed by atoms with Gasteiger partial charge in [0.25, 0.3) is 0 Å². The van der Waals surface area contributed by atoms with Crippen LogP contribution in [0.25, 0.3) is 11.3 Å². The molecule has 0 aliphatic carbocycles. The fourth-order valence-corrected chi connectivity index (χ4v) is 4.75. The number of carbonyl (C=O) groups is 1. The van der Waals surface area contributed by atoms with E-state index >= 15 is 0 Å². The molecule has 36 heavy (non-hydrogen) atoms. The molecule has 0 fully saturated rings. The van der Waals surface area contributed by atoms with E-state index in [9.17, 15) is 9.18 Å². The molecule has 7 heteroatoms. The topological polar surface area (TPSA) is 79.4 Å². The van der Waals surface area contributed by atoms with Crippen LogP contribution in [0.3, 0.4) is 0 Å². The number of ketones is 1. The first-order valence-corrected chi connectivity index (χ1v) is 12.3. The number of methoxy groups -OCH3 is 2. The number of hydrogen-bond donors (Lipinski definition) is 1. The second kappa shape index (κ2) is 12.3. The summed E-state index contributed by atoms with van der Waals surface area (Å²) in [6.45, 7) is 6.53. The number of alkyl halides is 1. The summed E-state index contributed by atoms with van der Waals surface area (Å²) in [5, 5.41) is 0. The van der Waals surface area contributed by atoms with E-state index in [0.717, 1.165) is 28.4 Å². The Bertz CT molecular complexity index is 1120. The van der Waals surface area contributed by atoms with Gasteiger partial charge in [-0.1, -0.05) is 63.2 Å². The molecule has 0 aliphatic rings. The first-order valence-electron chi connectivity index (χ1n) is 12.3. The van der Waals surface area contributed by atoms with Crippen molar-refractivity contribution in [2.24, 2.45) is 17.1 Å². The summed E-state index contributed by atoms with van der Waals surface area (Å²) in [5.74, 6) is 0.315. The summed E-state index contributed by atoms with van der Waals surface area (Å²) in [7, 11) is 3.11. The highest BCUT2D eigenvalue weighted by atomic mass is 19.1. The van der Waals surface area contributed by atoms with Gasteiger partial charge >= 0.3 is 0 Å². The van der Waals surface area contributed by atoms with Crippen molar-refractivity contribution in [3.05, 3.63) is 72.2 Å². The molecule has 194 valence electrons. The Kier molecular flexibility index (Phi) is 9.40. The molecule has 1 heterocycles. The van der Waals surface area contributed by atoms with Crippen LogP contribution in [0.5, 0.6) is 5.75 Å². The van der Waals surface area contributed by atoms with Gasteiger partial charge in [0.2, 0.25) is 0 Å². The number of imidazole rings is 1. The number of rotatable bonds is 12. The third-order valence-corrected chi connectivity index (χ3v) is 6.45. The number of aromatic nitrogens is 2. The van der Waals surface area contributed by atoms with Gasteiger partial charge in [-0.05, 0) is 29.5 Å². The standard InChI is InChI=1S/C29H38FN3O3/c1-29(2,3)27(24(15-22(30)16-31)26(34)19-35-4)28-32-25(21-12-9-13-23(14-21)36-5)18-33(28)17-20-10-7-6-8-11-20/h6-14,18,22,24,27H,15-17,19,31H2,1-5H3/t22-,24-,27?/m0/s1. The van der Waals surface area contributed by atoms with Gasteiger partial charge in [0.05, 0.1) is 12.8 Å². The van der Waals surface area contributed by atoms with Crippen molar-refractivity contribution in [1.82, 2.24) is 9.55 Å². The van der Waals surface area contributed by atoms with E-state index in [1.807, 2.05) is 48.7 Å². The lowest BCUT2D eigenvalue weighted by molar-refractivity contribution is -0.129. The molecular formula is C29H38FN3O3. The van der Waals surface area contributed by atoms with Gasteiger partial charge < -0.3 is 19.8 Å². The highest BCUT2D eigenvalue weighted by molar-refractivity contribution is 5.83. The van der Waals surface area contributed by atoms with Crippen LogP contribution < -0.4 is 10.5 Å². The summed E-state index contributed by atoms with van der Waals surface area (Å²) in [5.41, 5.74) is 8.01. The maximum Gasteiger partial charge on any atom is 0.162 e. The number of carbonyl (C=O) groups excluding carboxylic acids is 1. The summed E-state index contributed by atoms with van der Waals surface area (Å²) in [6, 6.07) is 17.8. The molecule has 3 rings (SSSR count). The van der Waals surface area contributed by atoms with Crippen molar-refractivity contribution in [2.45, 2.75) is 45.8 Å². The first-order chi connectivity index (χ1) is 17.2. The zero-order chi connectivity index (χ0) is 26.3. The molecule has 0 saturated carbocycles. The molecule has 0 saturated heterocycles. The molecular weight excluding hydrogens is 457 g/mol. The second-order valence-corrected chi connectivity index (χ2v) is 10.2. The van der Waals surface area contributed by atoms with Crippen molar-refractivity contribution in [3.8, 4) is 17.0 Å². The van der Waals surface area contributed by atoms with Crippen LogP contribution >= 0.6 is 0 Å². The minimum atomic E-state index is -1.30. The van der Waals surface area contributed by atoms with Gasteiger partial charge in [0.1, 0.15) is 24.4 Å². The number of nitrogens with zero attached hydrogens (tertiary/aromatic N) is 2. The third kappa shape index (κ3) is 6.80. The predicted molar refractivity (Wildman–Crippen MR) is 141 cm³/mol. The zero-order valence-electron chi connectivity index (χ0n) is 21.9. The van der Waals surface area contributed by atoms with Crippen molar-refractivity contribution >= 4 is 5.78 Å². The second-order valence-electron chi connectivity index (χ2n) is 10.2. The number of ether oxygens (including phenoxy) is 2. The Morgan fingerprint density at radius 3 is 2.44 bits per heavy atom. The molecule has 2 aromatic carbocycles. The Morgan fingerprint density at radius 1 is 1.11 bits per heavy atom. The lowest BCUT2D eigenvalue weighted by atomic mass is 9.69. The molecule has 0 aliphatic heterocycles. The van der Waals surface area contributed by atoms with Crippen LogP contribution in [-0.4, -0.2) is 48.9 Å². The fourth-order valence-electron chi connectivity index (χ4n) is 4.75. The van der Waals surface area contributed by atoms with Crippen molar-refractivity contribution in [3.63, 3.8) is 0 Å². The number of hydrogen-bond acceptors (Lipinski definition) is 5. The van der Waals surface area contributed by atoms with Crippen LogP contribution in [-0.2, 0) is 16.1 Å². The van der Waals surface area contributed by atoms with E-state index in [4.69, 9.17) is 20.2 Å². The maximum absolute atomic E-state index is 14.7. The minimum Gasteiger partial charge on any atom is -0.497 e. The largest absolute Gasteiger partial charge is 0.497 e. The molecule has 2 N–H and O–H groups in total. The van der Waals surface area contributed by atoms with Crippen LogP contribution in [0.1, 0.15) is 44.5 Å². The molecule has 3 aromatic rings.